The highest BCUT2D eigenvalue weighted by molar-refractivity contribution is 6.30. The van der Waals surface area contributed by atoms with Gasteiger partial charge >= 0.3 is 5.97 Å². The number of halogens is 1. The number of morpholine rings is 1. The van der Waals surface area contributed by atoms with Gasteiger partial charge in [0.25, 0.3) is 5.91 Å². The normalized spacial score (nSPS) is 17.5. The van der Waals surface area contributed by atoms with Crippen molar-refractivity contribution in [2.45, 2.75) is 19.4 Å². The molecule has 2 aromatic rings. The molecule has 0 spiro atoms. The van der Waals surface area contributed by atoms with Crippen molar-refractivity contribution in [3.63, 3.8) is 0 Å². The van der Waals surface area contributed by atoms with E-state index < -0.39 is 12.1 Å². The van der Waals surface area contributed by atoms with Crippen LogP contribution in [-0.4, -0.2) is 57.5 Å². The second-order valence-corrected chi connectivity index (χ2v) is 6.34. The number of ether oxygens (including phenoxy) is 1. The van der Waals surface area contributed by atoms with E-state index in [4.69, 9.17) is 21.4 Å². The summed E-state index contributed by atoms with van der Waals surface area (Å²) >= 11 is 6.02. The highest BCUT2D eigenvalue weighted by Crippen LogP contribution is 2.18. The van der Waals surface area contributed by atoms with Crippen molar-refractivity contribution in [2.75, 3.05) is 19.7 Å². The van der Waals surface area contributed by atoms with Gasteiger partial charge < -0.3 is 14.7 Å². The van der Waals surface area contributed by atoms with Gasteiger partial charge in [0.05, 0.1) is 24.8 Å². The molecule has 1 aliphatic rings. The number of aryl methyl sites for hydroxylation is 1. The van der Waals surface area contributed by atoms with Crippen LogP contribution in [0.1, 0.15) is 22.6 Å². The Labute approximate surface area is 149 Å². The molecule has 0 radical (unpaired) electrons. The summed E-state index contributed by atoms with van der Waals surface area (Å²) in [5.74, 6) is -1.18. The lowest BCUT2D eigenvalue weighted by Crippen LogP contribution is -2.46. The quantitative estimate of drug-likeness (QED) is 0.899. The van der Waals surface area contributed by atoms with E-state index >= 15 is 0 Å². The number of nitrogens with zero attached hydrogens (tertiary/aromatic N) is 3. The van der Waals surface area contributed by atoms with Crippen LogP contribution in [-0.2, 0) is 9.53 Å². The van der Waals surface area contributed by atoms with E-state index in [-0.39, 0.29) is 18.9 Å². The van der Waals surface area contributed by atoms with Crippen molar-refractivity contribution >= 4 is 23.5 Å². The van der Waals surface area contributed by atoms with Gasteiger partial charge in [-0.15, -0.1) is 0 Å². The first-order valence-electron chi connectivity index (χ1n) is 7.89. The number of aliphatic carboxylic acids is 1. The Morgan fingerprint density at radius 3 is 2.92 bits per heavy atom. The molecule has 8 heteroatoms. The van der Waals surface area contributed by atoms with E-state index in [2.05, 4.69) is 5.10 Å². The molecule has 0 aliphatic carbocycles. The maximum atomic E-state index is 12.7. The molecule has 2 heterocycles. The van der Waals surface area contributed by atoms with Crippen molar-refractivity contribution < 1.29 is 19.4 Å². The molecule has 1 aromatic heterocycles. The van der Waals surface area contributed by atoms with Gasteiger partial charge in [0.15, 0.2) is 5.69 Å². The number of hydrogen-bond acceptors (Lipinski definition) is 4. The fourth-order valence-corrected chi connectivity index (χ4v) is 3.02. The topological polar surface area (TPSA) is 84.7 Å². The summed E-state index contributed by atoms with van der Waals surface area (Å²) in [6.07, 6.45) is -0.619. The van der Waals surface area contributed by atoms with Crippen LogP contribution in [0.2, 0.25) is 5.02 Å². The number of benzene rings is 1. The molecule has 1 amide bonds. The summed E-state index contributed by atoms with van der Waals surface area (Å²) in [5.41, 5.74) is 1.89. The number of carbonyl (C=O) groups excluding carboxylic acids is 1. The second kappa shape index (κ2) is 7.25. The van der Waals surface area contributed by atoms with E-state index in [1.807, 2.05) is 19.1 Å². The van der Waals surface area contributed by atoms with E-state index in [0.717, 1.165) is 11.4 Å². The third kappa shape index (κ3) is 4.00. The summed E-state index contributed by atoms with van der Waals surface area (Å²) in [7, 11) is 0. The maximum absolute atomic E-state index is 12.7. The van der Waals surface area contributed by atoms with Gasteiger partial charge in [-0.05, 0) is 31.2 Å². The lowest BCUT2D eigenvalue weighted by molar-refractivity contribution is -0.141. The Balaban J connectivity index is 1.79. The zero-order valence-electron chi connectivity index (χ0n) is 13.7. The fourth-order valence-electron chi connectivity index (χ4n) is 2.83. The number of amides is 1. The van der Waals surface area contributed by atoms with Gasteiger partial charge in [-0.3, -0.25) is 9.59 Å². The average Bonchev–Trinajstić information content (AvgIpc) is 2.95. The van der Waals surface area contributed by atoms with E-state index in [1.54, 1.807) is 27.8 Å². The summed E-state index contributed by atoms with van der Waals surface area (Å²) < 4.78 is 7.06. The first-order valence-corrected chi connectivity index (χ1v) is 8.27. The molecule has 1 saturated heterocycles. The van der Waals surface area contributed by atoms with Crippen LogP contribution in [0.4, 0.5) is 0 Å². The Hall–Kier alpha value is -2.38. The van der Waals surface area contributed by atoms with Crippen molar-refractivity contribution in [3.8, 4) is 5.69 Å². The minimum absolute atomic E-state index is 0.125. The minimum atomic E-state index is -0.944. The molecular weight excluding hydrogens is 346 g/mol. The Morgan fingerprint density at radius 1 is 1.40 bits per heavy atom. The lowest BCUT2D eigenvalue weighted by atomic mass is 10.2. The summed E-state index contributed by atoms with van der Waals surface area (Å²) in [6.45, 7) is 2.83. The largest absolute Gasteiger partial charge is 0.481 e. The van der Waals surface area contributed by atoms with Crippen LogP contribution in [0.5, 0.6) is 0 Å². The number of carboxylic acid groups (broad SMARTS) is 1. The van der Waals surface area contributed by atoms with Crippen LogP contribution in [0, 0.1) is 6.92 Å². The third-order valence-corrected chi connectivity index (χ3v) is 4.22. The van der Waals surface area contributed by atoms with Gasteiger partial charge in [0, 0.05) is 23.8 Å². The van der Waals surface area contributed by atoms with Crippen LogP contribution in [0.25, 0.3) is 5.69 Å². The molecule has 0 saturated carbocycles. The van der Waals surface area contributed by atoms with Crippen molar-refractivity contribution in [1.29, 1.82) is 0 Å². The first-order chi connectivity index (χ1) is 11.9. The summed E-state index contributed by atoms with van der Waals surface area (Å²) in [5, 5.41) is 13.9. The molecular formula is C17H18ClN3O4. The SMILES string of the molecule is Cc1cc(C(=O)N2CCOC(CC(=O)O)C2)nn1-c1cccc(Cl)c1. The van der Waals surface area contributed by atoms with E-state index in [1.165, 1.54) is 0 Å². The van der Waals surface area contributed by atoms with Crippen LogP contribution in [0.15, 0.2) is 30.3 Å². The van der Waals surface area contributed by atoms with Gasteiger partial charge in [0.2, 0.25) is 0 Å². The van der Waals surface area contributed by atoms with Crippen LogP contribution >= 0.6 is 11.6 Å². The van der Waals surface area contributed by atoms with Crippen LogP contribution < -0.4 is 0 Å². The van der Waals surface area contributed by atoms with Gasteiger partial charge in [0.1, 0.15) is 0 Å². The summed E-state index contributed by atoms with van der Waals surface area (Å²) in [6, 6.07) is 8.93. The molecule has 1 aromatic carbocycles. The zero-order valence-corrected chi connectivity index (χ0v) is 14.4. The Bertz CT molecular complexity index is 805. The van der Waals surface area contributed by atoms with Gasteiger partial charge in [-0.2, -0.15) is 5.10 Å². The lowest BCUT2D eigenvalue weighted by Gasteiger charge is -2.31. The van der Waals surface area contributed by atoms with Crippen LogP contribution in [0.3, 0.4) is 0 Å². The highest BCUT2D eigenvalue weighted by Gasteiger charge is 2.28. The maximum Gasteiger partial charge on any atom is 0.306 e. The zero-order chi connectivity index (χ0) is 18.0. The first kappa shape index (κ1) is 17.4. The number of carbonyl (C=O) groups is 2. The molecule has 25 heavy (non-hydrogen) atoms. The Morgan fingerprint density at radius 2 is 2.20 bits per heavy atom. The average molecular weight is 364 g/mol. The van der Waals surface area contributed by atoms with Gasteiger partial charge in [-0.1, -0.05) is 17.7 Å². The van der Waals surface area contributed by atoms with E-state index in [0.29, 0.717) is 23.9 Å². The fraction of sp³-hybridized carbons (Fsp3) is 0.353. The van der Waals surface area contributed by atoms with Crippen molar-refractivity contribution in [1.82, 2.24) is 14.7 Å². The molecule has 3 rings (SSSR count). The molecule has 7 nitrogen and oxygen atoms in total. The van der Waals surface area contributed by atoms with E-state index in [9.17, 15) is 9.59 Å². The number of aromatic nitrogens is 2. The molecule has 1 unspecified atom stereocenters. The molecule has 1 fully saturated rings. The molecule has 1 atom stereocenters. The van der Waals surface area contributed by atoms with Crippen molar-refractivity contribution in [2.24, 2.45) is 0 Å². The summed E-state index contributed by atoms with van der Waals surface area (Å²) in [4.78, 5) is 25.1. The second-order valence-electron chi connectivity index (χ2n) is 5.90. The number of carboxylic acids is 1. The third-order valence-electron chi connectivity index (χ3n) is 3.99. The molecule has 1 aliphatic heterocycles. The predicted octanol–water partition coefficient (Wildman–Crippen LogP) is 2.15. The van der Waals surface area contributed by atoms with Gasteiger partial charge in [-0.25, -0.2) is 4.68 Å². The smallest absolute Gasteiger partial charge is 0.306 e. The molecule has 132 valence electrons. The minimum Gasteiger partial charge on any atom is -0.481 e. The van der Waals surface area contributed by atoms with Crippen molar-refractivity contribution in [3.05, 3.63) is 46.7 Å². The molecule has 1 N–H and O–H groups in total. The molecule has 0 bridgehead atoms. The number of rotatable bonds is 4. The highest BCUT2D eigenvalue weighted by atomic mass is 35.5. The predicted molar refractivity (Wildman–Crippen MR) is 91.2 cm³/mol. The Kier molecular flexibility index (Phi) is 5.06. The standard InChI is InChI=1S/C17H18ClN3O4/c1-11-7-15(19-21(11)13-4-2-3-12(18)8-13)17(24)20-5-6-25-14(10-20)9-16(22)23/h2-4,7-8,14H,5-6,9-10H2,1H3,(H,22,23). The number of hydrogen-bond donors (Lipinski definition) is 1. The monoisotopic (exact) mass is 363 g/mol.